The third-order valence-electron chi connectivity index (χ3n) is 6.19. The molecule has 8 heteroatoms. The topological polar surface area (TPSA) is 79.1 Å². The molecule has 166 valence electrons. The number of esters is 1. The molecule has 0 N–H and O–H groups in total. The van der Waals surface area contributed by atoms with Crippen LogP contribution in [0.1, 0.15) is 55.7 Å². The van der Waals surface area contributed by atoms with Crippen LogP contribution < -0.4 is 4.74 Å². The number of hydrogen-bond donors (Lipinski definition) is 0. The summed E-state index contributed by atoms with van der Waals surface area (Å²) >= 11 is 6.29. The van der Waals surface area contributed by atoms with Gasteiger partial charge in [-0.3, -0.25) is 9.36 Å². The van der Waals surface area contributed by atoms with Gasteiger partial charge in [0.15, 0.2) is 0 Å². The molecule has 1 aliphatic carbocycles. The fraction of sp³-hybridized carbons (Fsp3) is 0.417. The first-order chi connectivity index (χ1) is 15.6. The Hall–Kier alpha value is -2.93. The maximum absolute atomic E-state index is 11.6. The zero-order valence-corrected chi connectivity index (χ0v) is 18.7. The zero-order valence-electron chi connectivity index (χ0n) is 17.9. The summed E-state index contributed by atoms with van der Waals surface area (Å²) in [5.41, 5.74) is 2.06. The lowest BCUT2D eigenvalue weighted by Crippen LogP contribution is -2.25. The molecule has 1 unspecified atom stereocenters. The third-order valence-corrected chi connectivity index (χ3v) is 6.43. The second kappa shape index (κ2) is 8.90. The first-order valence-electron chi connectivity index (χ1n) is 11.0. The molecule has 0 radical (unpaired) electrons. The largest absolute Gasteiger partial charge is 0.474 e. The Morgan fingerprint density at radius 3 is 2.66 bits per heavy atom. The van der Waals surface area contributed by atoms with Gasteiger partial charge in [-0.05, 0) is 55.5 Å². The molecule has 1 saturated carbocycles. The lowest BCUT2D eigenvalue weighted by Gasteiger charge is -2.28. The molecule has 3 aromatic rings. The molecule has 0 saturated heterocycles. The van der Waals surface area contributed by atoms with Crippen molar-refractivity contribution in [1.29, 1.82) is 0 Å². The van der Waals surface area contributed by atoms with Crippen LogP contribution in [0.15, 0.2) is 42.6 Å². The van der Waals surface area contributed by atoms with E-state index in [4.69, 9.17) is 21.1 Å². The van der Waals surface area contributed by atoms with Crippen molar-refractivity contribution in [3.05, 3.63) is 64.8 Å². The van der Waals surface area contributed by atoms with Gasteiger partial charge in [-0.15, -0.1) is 10.2 Å². The Balaban J connectivity index is 1.39. The minimum Gasteiger partial charge on any atom is -0.474 e. The predicted octanol–water partition coefficient (Wildman–Crippen LogP) is 4.45. The number of aromatic nitrogens is 4. The van der Waals surface area contributed by atoms with E-state index in [1.54, 1.807) is 6.20 Å². The molecule has 1 atom stereocenters. The fourth-order valence-electron chi connectivity index (χ4n) is 4.79. The Kier molecular flexibility index (Phi) is 5.83. The maximum Gasteiger partial charge on any atom is 0.302 e. The number of carbonyl (C=O) groups is 1. The van der Waals surface area contributed by atoms with Crippen molar-refractivity contribution < 1.29 is 14.3 Å². The van der Waals surface area contributed by atoms with E-state index >= 15 is 0 Å². The molecule has 3 heterocycles. The third kappa shape index (κ3) is 4.35. The minimum atomic E-state index is -0.294. The van der Waals surface area contributed by atoms with Crippen LogP contribution in [0.2, 0.25) is 5.02 Å². The summed E-state index contributed by atoms with van der Waals surface area (Å²) in [6.45, 7) is 1.44. The smallest absolute Gasteiger partial charge is 0.302 e. The van der Waals surface area contributed by atoms with Gasteiger partial charge in [-0.2, -0.15) is 0 Å². The highest BCUT2D eigenvalue weighted by atomic mass is 35.5. The number of hydrogen-bond acceptors (Lipinski definition) is 6. The minimum absolute atomic E-state index is 0.159. The lowest BCUT2D eigenvalue weighted by molar-refractivity contribution is -0.146. The molecule has 2 aromatic heterocycles. The molecule has 2 aliphatic rings. The van der Waals surface area contributed by atoms with Crippen LogP contribution >= 0.6 is 11.6 Å². The fourth-order valence-corrected chi connectivity index (χ4v) is 4.99. The average molecular weight is 453 g/mol. The normalized spacial score (nSPS) is 22.4. The molecular formula is C24H25ClN4O3. The maximum atomic E-state index is 11.6. The van der Waals surface area contributed by atoms with Crippen LogP contribution in [0, 0.1) is 0 Å². The highest BCUT2D eigenvalue weighted by molar-refractivity contribution is 6.30. The standard InChI is InChI=1S/C24H25ClN4O3/c1-15(30)31-20-13-17-12-18(25)7-10-21(17)29-22(14-20)27-28-24(29)16-5-8-19(9-6-16)32-23-4-2-3-11-26-23/h2-4,7,10-12,16,19-20H,5-6,8-9,13-14H2,1H3. The van der Waals surface area contributed by atoms with Gasteiger partial charge in [0.05, 0.1) is 5.69 Å². The van der Waals surface area contributed by atoms with Gasteiger partial charge >= 0.3 is 5.97 Å². The van der Waals surface area contributed by atoms with E-state index < -0.39 is 0 Å². The van der Waals surface area contributed by atoms with Crippen molar-refractivity contribution in [3.8, 4) is 11.6 Å². The molecule has 32 heavy (non-hydrogen) atoms. The molecule has 1 fully saturated rings. The van der Waals surface area contributed by atoms with Gasteiger partial charge in [0.2, 0.25) is 5.88 Å². The molecule has 0 bridgehead atoms. The molecule has 1 aromatic carbocycles. The van der Waals surface area contributed by atoms with Gasteiger partial charge in [0.1, 0.15) is 23.9 Å². The van der Waals surface area contributed by atoms with E-state index in [0.717, 1.165) is 48.6 Å². The van der Waals surface area contributed by atoms with Crippen LogP contribution in [-0.4, -0.2) is 37.9 Å². The number of nitrogens with zero attached hydrogens (tertiary/aromatic N) is 4. The Morgan fingerprint density at radius 1 is 1.06 bits per heavy atom. The first-order valence-corrected chi connectivity index (χ1v) is 11.4. The number of carbonyl (C=O) groups excluding carboxylic acids is 1. The lowest BCUT2D eigenvalue weighted by atomic mass is 9.86. The first kappa shape index (κ1) is 20.9. The molecule has 0 amide bonds. The van der Waals surface area contributed by atoms with Crippen molar-refractivity contribution in [2.75, 3.05) is 0 Å². The molecule has 1 aliphatic heterocycles. The summed E-state index contributed by atoms with van der Waals surface area (Å²) in [7, 11) is 0. The van der Waals surface area contributed by atoms with Crippen molar-refractivity contribution in [2.45, 2.75) is 63.6 Å². The van der Waals surface area contributed by atoms with Crippen LogP contribution in [0.3, 0.4) is 0 Å². The second-order valence-electron chi connectivity index (χ2n) is 8.48. The number of rotatable bonds is 4. The highest BCUT2D eigenvalue weighted by Crippen LogP contribution is 2.37. The Bertz CT molecular complexity index is 1110. The molecule has 0 spiro atoms. The highest BCUT2D eigenvalue weighted by Gasteiger charge is 2.32. The van der Waals surface area contributed by atoms with Gasteiger partial charge < -0.3 is 9.47 Å². The quantitative estimate of drug-likeness (QED) is 0.544. The van der Waals surface area contributed by atoms with Crippen LogP contribution in [-0.2, 0) is 22.4 Å². The summed E-state index contributed by atoms with van der Waals surface area (Å²) in [6, 6.07) is 11.6. The van der Waals surface area contributed by atoms with Crippen LogP contribution in [0.5, 0.6) is 5.88 Å². The van der Waals surface area contributed by atoms with E-state index in [0.29, 0.717) is 23.7 Å². The van der Waals surface area contributed by atoms with Gasteiger partial charge in [-0.1, -0.05) is 17.7 Å². The number of benzene rings is 1. The van der Waals surface area contributed by atoms with E-state index in [9.17, 15) is 4.79 Å². The second-order valence-corrected chi connectivity index (χ2v) is 8.92. The predicted molar refractivity (Wildman–Crippen MR) is 119 cm³/mol. The van der Waals surface area contributed by atoms with Crippen molar-refractivity contribution in [2.24, 2.45) is 0 Å². The Morgan fingerprint density at radius 2 is 1.91 bits per heavy atom. The summed E-state index contributed by atoms with van der Waals surface area (Å²) in [6.07, 6.45) is 6.55. The average Bonchev–Trinajstić information content (AvgIpc) is 3.11. The summed E-state index contributed by atoms with van der Waals surface area (Å²) in [5, 5.41) is 9.76. The summed E-state index contributed by atoms with van der Waals surface area (Å²) in [4.78, 5) is 15.9. The number of ether oxygens (including phenoxy) is 2. The molecular weight excluding hydrogens is 428 g/mol. The van der Waals surface area contributed by atoms with Gasteiger partial charge in [0, 0.05) is 43.0 Å². The SMILES string of the molecule is CC(=O)OC1Cc2cc(Cl)ccc2-n2c(nnc2C2CCC(Oc3ccccn3)CC2)C1. The Labute approximate surface area is 191 Å². The van der Waals surface area contributed by atoms with Crippen LogP contribution in [0.25, 0.3) is 5.69 Å². The number of fused-ring (bicyclic) bond motifs is 3. The van der Waals surface area contributed by atoms with Gasteiger partial charge in [-0.25, -0.2) is 4.98 Å². The van der Waals surface area contributed by atoms with Crippen LogP contribution in [0.4, 0.5) is 0 Å². The summed E-state index contributed by atoms with van der Waals surface area (Å²) in [5.74, 6) is 2.45. The van der Waals surface area contributed by atoms with E-state index in [2.05, 4.69) is 19.7 Å². The van der Waals surface area contributed by atoms with E-state index in [1.807, 2.05) is 36.4 Å². The van der Waals surface area contributed by atoms with Gasteiger partial charge in [0.25, 0.3) is 0 Å². The summed E-state index contributed by atoms with van der Waals surface area (Å²) < 4.78 is 13.8. The van der Waals surface area contributed by atoms with E-state index in [1.165, 1.54) is 6.92 Å². The van der Waals surface area contributed by atoms with E-state index in [-0.39, 0.29) is 24.1 Å². The molecule has 5 rings (SSSR count). The monoisotopic (exact) mass is 452 g/mol. The number of pyridine rings is 1. The van der Waals surface area contributed by atoms with Crippen molar-refractivity contribution in [1.82, 2.24) is 19.7 Å². The van der Waals surface area contributed by atoms with Crippen molar-refractivity contribution in [3.63, 3.8) is 0 Å². The van der Waals surface area contributed by atoms with Crippen molar-refractivity contribution >= 4 is 17.6 Å². The molecule has 7 nitrogen and oxygen atoms in total. The zero-order chi connectivity index (χ0) is 22.1. The number of halogens is 1.